The van der Waals surface area contributed by atoms with Gasteiger partial charge in [0, 0.05) is 31.8 Å². The highest BCUT2D eigenvalue weighted by Crippen LogP contribution is 2.44. The lowest BCUT2D eigenvalue weighted by Gasteiger charge is -2.32. The number of rotatable bonds is 6. The maximum atomic E-state index is 13.5. The minimum absolute atomic E-state index is 0.0885. The molecule has 0 unspecified atom stereocenters. The van der Waals surface area contributed by atoms with Crippen LogP contribution in [0.5, 0.6) is 11.5 Å². The number of thiophene rings is 1. The number of methoxy groups -OCH3 is 2. The van der Waals surface area contributed by atoms with Crippen LogP contribution < -0.4 is 9.47 Å². The highest BCUT2D eigenvalue weighted by atomic mass is 32.1. The van der Waals surface area contributed by atoms with Gasteiger partial charge in [0.15, 0.2) is 24.1 Å². The lowest BCUT2D eigenvalue weighted by molar-refractivity contribution is -0.192. The van der Waals surface area contributed by atoms with Crippen molar-refractivity contribution in [3.05, 3.63) is 41.0 Å². The highest BCUT2D eigenvalue weighted by molar-refractivity contribution is 7.13. The van der Waals surface area contributed by atoms with Crippen LogP contribution in [-0.4, -0.2) is 71.2 Å². The molecule has 1 aliphatic heterocycles. The van der Waals surface area contributed by atoms with Crippen LogP contribution >= 0.6 is 11.3 Å². The van der Waals surface area contributed by atoms with Gasteiger partial charge in [-0.15, -0.1) is 11.3 Å². The topological polar surface area (TPSA) is 103 Å². The number of benzene rings is 1. The van der Waals surface area contributed by atoms with Crippen LogP contribution in [0.2, 0.25) is 0 Å². The summed E-state index contributed by atoms with van der Waals surface area (Å²) in [6, 6.07) is 8.02. The van der Waals surface area contributed by atoms with Gasteiger partial charge in [0.2, 0.25) is 0 Å². The molecule has 3 heterocycles. The molecule has 0 fully saturated rings. The number of amides is 1. The fourth-order valence-corrected chi connectivity index (χ4v) is 4.52. The number of carbonyl (C=O) groups excluding carboxylic acids is 1. The Hall–Kier alpha value is -3.58. The third-order valence-electron chi connectivity index (χ3n) is 6.05. The first-order valence-electron chi connectivity index (χ1n) is 11.8. The molecule has 0 atom stereocenters. The molecule has 4 rings (SSSR count). The van der Waals surface area contributed by atoms with Gasteiger partial charge < -0.3 is 28.8 Å². The Labute approximate surface area is 227 Å². The van der Waals surface area contributed by atoms with Crippen molar-refractivity contribution >= 4 is 23.2 Å². The van der Waals surface area contributed by atoms with E-state index in [0.717, 1.165) is 33.8 Å². The monoisotopic (exact) mass is 569 g/mol. The van der Waals surface area contributed by atoms with Crippen molar-refractivity contribution in [3.8, 4) is 33.3 Å². The summed E-state index contributed by atoms with van der Waals surface area (Å²) in [5.41, 5.74) is 3.57. The zero-order valence-corrected chi connectivity index (χ0v) is 23.2. The number of aryl methyl sites for hydroxylation is 1. The second-order valence-corrected chi connectivity index (χ2v) is 10.5. The van der Waals surface area contributed by atoms with E-state index in [-0.39, 0.29) is 18.2 Å². The molecule has 1 N–H and O–H groups in total. The van der Waals surface area contributed by atoms with Gasteiger partial charge in [0.25, 0.3) is 5.91 Å². The summed E-state index contributed by atoms with van der Waals surface area (Å²) in [6.07, 6.45) is -4.32. The number of nitrogens with zero attached hydrogens (tertiary/aromatic N) is 3. The third kappa shape index (κ3) is 6.53. The third-order valence-corrected chi connectivity index (χ3v) is 6.93. The van der Waals surface area contributed by atoms with Crippen LogP contribution in [0.15, 0.2) is 29.6 Å². The van der Waals surface area contributed by atoms with E-state index in [1.807, 2.05) is 57.5 Å². The second kappa shape index (κ2) is 11.7. The van der Waals surface area contributed by atoms with E-state index >= 15 is 0 Å². The first kappa shape index (κ1) is 30.0. The molecule has 13 heteroatoms. The van der Waals surface area contributed by atoms with Gasteiger partial charge in [-0.2, -0.15) is 13.2 Å². The number of carbonyl (C=O) groups is 2. The van der Waals surface area contributed by atoms with Gasteiger partial charge >= 0.3 is 12.1 Å². The normalized spacial score (nSPS) is 12.5. The molecule has 0 bridgehead atoms. The van der Waals surface area contributed by atoms with E-state index in [0.29, 0.717) is 23.9 Å². The smallest absolute Gasteiger partial charge is 0.490 e. The molecule has 0 aliphatic carbocycles. The first-order valence-corrected chi connectivity index (χ1v) is 12.6. The van der Waals surface area contributed by atoms with Crippen molar-refractivity contribution in [2.24, 2.45) is 0 Å². The van der Waals surface area contributed by atoms with Gasteiger partial charge in [-0.1, -0.05) is 6.07 Å². The summed E-state index contributed by atoms with van der Waals surface area (Å²) in [4.78, 5) is 30.0. The Morgan fingerprint density at radius 1 is 1.18 bits per heavy atom. The maximum absolute atomic E-state index is 13.5. The number of hydrogen-bond acceptors (Lipinski definition) is 7. The molecule has 9 nitrogen and oxygen atoms in total. The molecule has 39 heavy (non-hydrogen) atoms. The van der Waals surface area contributed by atoms with Gasteiger partial charge in [0.1, 0.15) is 5.69 Å². The molecule has 0 saturated carbocycles. The van der Waals surface area contributed by atoms with Crippen molar-refractivity contribution in [2.75, 3.05) is 28.1 Å². The Morgan fingerprint density at radius 2 is 1.85 bits per heavy atom. The molecule has 3 aromatic rings. The molecule has 0 spiro atoms. The van der Waals surface area contributed by atoms with Crippen LogP contribution in [0.3, 0.4) is 0 Å². The van der Waals surface area contributed by atoms with E-state index in [9.17, 15) is 18.0 Å². The highest BCUT2D eigenvalue weighted by Gasteiger charge is 2.38. The van der Waals surface area contributed by atoms with Crippen LogP contribution in [-0.2, 0) is 22.5 Å². The van der Waals surface area contributed by atoms with Crippen molar-refractivity contribution in [3.63, 3.8) is 0 Å². The Balaban J connectivity index is 0.000000532. The molecular weight excluding hydrogens is 539 g/mol. The van der Waals surface area contributed by atoms with Crippen LogP contribution in [0.1, 0.15) is 37.0 Å². The van der Waals surface area contributed by atoms with E-state index in [2.05, 4.69) is 4.57 Å². The number of ether oxygens (including phenoxy) is 3. The van der Waals surface area contributed by atoms with E-state index in [1.54, 1.807) is 30.5 Å². The predicted octanol–water partition coefficient (Wildman–Crippen LogP) is 5.33. The fourth-order valence-electron chi connectivity index (χ4n) is 3.80. The van der Waals surface area contributed by atoms with E-state index in [4.69, 9.17) is 29.1 Å². The Morgan fingerprint density at radius 3 is 2.36 bits per heavy atom. The Kier molecular flexibility index (Phi) is 8.96. The van der Waals surface area contributed by atoms with Crippen molar-refractivity contribution in [2.45, 2.75) is 45.5 Å². The maximum Gasteiger partial charge on any atom is 0.490 e. The van der Waals surface area contributed by atoms with Crippen molar-refractivity contribution < 1.29 is 42.1 Å². The number of fused-ring (bicyclic) bond motifs is 3. The summed E-state index contributed by atoms with van der Waals surface area (Å²) >= 11 is 1.61. The average Bonchev–Trinajstić information content (AvgIpc) is 3.53. The molecule has 1 amide bonds. The molecule has 1 aromatic carbocycles. The van der Waals surface area contributed by atoms with Gasteiger partial charge in [-0.25, -0.2) is 9.78 Å². The second-order valence-electron chi connectivity index (χ2n) is 9.56. The summed E-state index contributed by atoms with van der Waals surface area (Å²) in [6.45, 7) is 6.85. The van der Waals surface area contributed by atoms with Crippen LogP contribution in [0.4, 0.5) is 13.2 Å². The zero-order chi connectivity index (χ0) is 29.1. The number of aromatic nitrogens is 2. The molecule has 0 saturated heterocycles. The number of aliphatic carboxylic acids is 1. The first-order chi connectivity index (χ1) is 18.2. The SMILES string of the molecule is COCOc1cc2c(cc1OC)CCn1c(C(=O)N(C)C(C)(C)C)nc(-c3cccs3)c1-2.O=C(O)C(F)(F)F. The van der Waals surface area contributed by atoms with E-state index in [1.165, 1.54) is 0 Å². The minimum Gasteiger partial charge on any atom is -0.493 e. The largest absolute Gasteiger partial charge is 0.493 e. The van der Waals surface area contributed by atoms with Gasteiger partial charge in [-0.3, -0.25) is 4.79 Å². The number of carboxylic acids is 1. The molecular formula is C26H30F3N3O6S. The lowest BCUT2D eigenvalue weighted by atomic mass is 9.96. The standard InChI is InChI=1S/C24H29N3O4S.C2HF3O2/c1-24(2,3)26(4)23(28)22-25-20(19-8-7-11-32-19)21-16-13-18(31-14-29-5)17(30-6)12-15(16)9-10-27(21)22;3-2(4,5)1(6)7/h7-8,11-13H,9-10,14H2,1-6H3;(H,6,7). The number of imidazole rings is 1. The average molecular weight is 570 g/mol. The summed E-state index contributed by atoms with van der Waals surface area (Å²) in [5.74, 6) is -1.13. The number of alkyl halides is 3. The Bertz CT molecular complexity index is 1330. The lowest BCUT2D eigenvalue weighted by Crippen LogP contribution is -2.43. The van der Waals surface area contributed by atoms with Crippen molar-refractivity contribution in [1.82, 2.24) is 14.5 Å². The summed E-state index contributed by atoms with van der Waals surface area (Å²) in [5, 5.41) is 9.15. The zero-order valence-electron chi connectivity index (χ0n) is 22.4. The van der Waals surface area contributed by atoms with Crippen molar-refractivity contribution in [1.29, 1.82) is 0 Å². The molecule has 0 radical (unpaired) electrons. The molecule has 212 valence electrons. The fraction of sp³-hybridized carbons (Fsp3) is 0.423. The number of carboxylic acid groups (broad SMARTS) is 1. The van der Waals surface area contributed by atoms with Gasteiger partial charge in [0.05, 0.1) is 17.7 Å². The van der Waals surface area contributed by atoms with Crippen LogP contribution in [0, 0.1) is 0 Å². The number of halogens is 3. The quantitative estimate of drug-likeness (QED) is 0.400. The predicted molar refractivity (Wildman–Crippen MR) is 139 cm³/mol. The molecule has 2 aromatic heterocycles. The number of hydrogen-bond donors (Lipinski definition) is 1. The van der Waals surface area contributed by atoms with Crippen LogP contribution in [0.25, 0.3) is 21.8 Å². The minimum atomic E-state index is -5.08. The summed E-state index contributed by atoms with van der Waals surface area (Å²) < 4.78 is 50.2. The molecule has 1 aliphatic rings. The van der Waals surface area contributed by atoms with Gasteiger partial charge in [-0.05, 0) is 56.3 Å². The van der Waals surface area contributed by atoms with E-state index < -0.39 is 12.1 Å². The summed E-state index contributed by atoms with van der Waals surface area (Å²) in [7, 11) is 5.04.